The van der Waals surface area contributed by atoms with Crippen molar-refractivity contribution in [3.63, 3.8) is 0 Å². The van der Waals surface area contributed by atoms with Gasteiger partial charge in [0.25, 0.3) is 5.91 Å². The number of ether oxygens (including phenoxy) is 1. The maximum Gasteiger partial charge on any atom is 0.338 e. The summed E-state index contributed by atoms with van der Waals surface area (Å²) in [7, 11) is 0. The van der Waals surface area contributed by atoms with Crippen molar-refractivity contribution in [1.82, 2.24) is 4.98 Å². The van der Waals surface area contributed by atoms with Gasteiger partial charge in [-0.1, -0.05) is 0 Å². The van der Waals surface area contributed by atoms with E-state index in [-0.39, 0.29) is 11.9 Å². The van der Waals surface area contributed by atoms with Crippen molar-refractivity contribution in [2.75, 3.05) is 11.9 Å². The summed E-state index contributed by atoms with van der Waals surface area (Å²) in [6, 6.07) is 9.79. The summed E-state index contributed by atoms with van der Waals surface area (Å²) in [5.74, 6) is -0.601. The first-order valence-electron chi connectivity index (χ1n) is 6.19. The van der Waals surface area contributed by atoms with Crippen LogP contribution in [0.25, 0.3) is 0 Å². The molecule has 2 aromatic rings. The Hall–Kier alpha value is -2.69. The molecule has 1 aromatic heterocycles. The lowest BCUT2D eigenvalue weighted by Gasteiger charge is -2.06. The van der Waals surface area contributed by atoms with Crippen LogP contribution in [0.3, 0.4) is 0 Å². The number of hydrogen-bond acceptors (Lipinski definition) is 4. The number of benzene rings is 1. The van der Waals surface area contributed by atoms with Crippen LogP contribution in [0.5, 0.6) is 0 Å². The number of anilines is 1. The molecule has 20 heavy (non-hydrogen) atoms. The van der Waals surface area contributed by atoms with Gasteiger partial charge in [-0.3, -0.25) is 9.78 Å². The fourth-order valence-corrected chi connectivity index (χ4v) is 1.61. The molecule has 0 fully saturated rings. The number of carbonyl (C=O) groups is 2. The van der Waals surface area contributed by atoms with Gasteiger partial charge in [0.2, 0.25) is 0 Å². The molecule has 102 valence electrons. The van der Waals surface area contributed by atoms with E-state index in [1.807, 2.05) is 0 Å². The Labute approximate surface area is 116 Å². The third kappa shape index (κ3) is 3.41. The molecule has 0 saturated carbocycles. The number of carbonyl (C=O) groups excluding carboxylic acids is 2. The summed E-state index contributed by atoms with van der Waals surface area (Å²) in [5.41, 5.74) is 1.59. The van der Waals surface area contributed by atoms with Gasteiger partial charge in [-0.15, -0.1) is 0 Å². The van der Waals surface area contributed by atoms with Crippen LogP contribution >= 0.6 is 0 Å². The van der Waals surface area contributed by atoms with Gasteiger partial charge in [0, 0.05) is 23.6 Å². The SMILES string of the molecule is CCOC(=O)c1ccc(NC(=O)c2ccncc2)cc1. The van der Waals surface area contributed by atoms with Crippen molar-refractivity contribution >= 4 is 17.6 Å². The topological polar surface area (TPSA) is 68.3 Å². The van der Waals surface area contributed by atoms with E-state index in [4.69, 9.17) is 4.74 Å². The van der Waals surface area contributed by atoms with Gasteiger partial charge in [-0.2, -0.15) is 0 Å². The van der Waals surface area contributed by atoms with Crippen LogP contribution in [-0.4, -0.2) is 23.5 Å². The molecule has 0 aliphatic rings. The first-order valence-corrected chi connectivity index (χ1v) is 6.19. The van der Waals surface area contributed by atoms with Crippen LogP contribution in [0.2, 0.25) is 0 Å². The molecule has 0 radical (unpaired) electrons. The van der Waals surface area contributed by atoms with Gasteiger partial charge in [-0.25, -0.2) is 4.79 Å². The monoisotopic (exact) mass is 270 g/mol. The third-order valence-electron chi connectivity index (χ3n) is 2.60. The van der Waals surface area contributed by atoms with Gasteiger partial charge >= 0.3 is 5.97 Å². The van der Waals surface area contributed by atoms with Crippen LogP contribution in [0.15, 0.2) is 48.8 Å². The summed E-state index contributed by atoms with van der Waals surface area (Å²) in [5, 5.41) is 2.74. The summed E-state index contributed by atoms with van der Waals surface area (Å²) >= 11 is 0. The second-order valence-corrected chi connectivity index (χ2v) is 3.99. The molecule has 1 aromatic carbocycles. The Morgan fingerprint density at radius 1 is 1.05 bits per heavy atom. The number of pyridine rings is 1. The molecule has 0 aliphatic carbocycles. The summed E-state index contributed by atoms with van der Waals surface area (Å²) in [4.78, 5) is 27.2. The van der Waals surface area contributed by atoms with Crippen molar-refractivity contribution in [1.29, 1.82) is 0 Å². The van der Waals surface area contributed by atoms with Crippen LogP contribution < -0.4 is 5.32 Å². The van der Waals surface area contributed by atoms with Crippen molar-refractivity contribution in [3.8, 4) is 0 Å². The molecule has 1 N–H and O–H groups in total. The Bertz CT molecular complexity index is 594. The zero-order valence-corrected chi connectivity index (χ0v) is 11.0. The molecule has 0 aliphatic heterocycles. The Morgan fingerprint density at radius 2 is 1.70 bits per heavy atom. The number of hydrogen-bond donors (Lipinski definition) is 1. The van der Waals surface area contributed by atoms with Crippen molar-refractivity contribution in [2.45, 2.75) is 6.92 Å². The Morgan fingerprint density at radius 3 is 2.30 bits per heavy atom. The maximum atomic E-state index is 11.9. The van der Waals surface area contributed by atoms with E-state index < -0.39 is 0 Å². The molecule has 1 amide bonds. The fourth-order valence-electron chi connectivity index (χ4n) is 1.61. The second-order valence-electron chi connectivity index (χ2n) is 3.99. The van der Waals surface area contributed by atoms with E-state index in [2.05, 4.69) is 10.3 Å². The number of amides is 1. The zero-order chi connectivity index (χ0) is 14.4. The average molecular weight is 270 g/mol. The minimum Gasteiger partial charge on any atom is -0.462 e. The standard InChI is InChI=1S/C15H14N2O3/c1-2-20-15(19)12-3-5-13(6-4-12)17-14(18)11-7-9-16-10-8-11/h3-10H,2H2,1H3,(H,17,18). The lowest BCUT2D eigenvalue weighted by atomic mass is 10.2. The quantitative estimate of drug-likeness (QED) is 0.867. The van der Waals surface area contributed by atoms with Gasteiger partial charge in [-0.05, 0) is 43.3 Å². The minimum absolute atomic E-state index is 0.226. The molecule has 1 heterocycles. The number of rotatable bonds is 4. The number of esters is 1. The van der Waals surface area contributed by atoms with Crippen molar-refractivity contribution in [2.24, 2.45) is 0 Å². The van der Waals surface area contributed by atoms with E-state index in [0.29, 0.717) is 23.4 Å². The molecule has 5 heteroatoms. The first-order chi connectivity index (χ1) is 9.70. The van der Waals surface area contributed by atoms with Gasteiger partial charge < -0.3 is 10.1 Å². The largest absolute Gasteiger partial charge is 0.462 e. The highest BCUT2D eigenvalue weighted by Crippen LogP contribution is 2.12. The smallest absolute Gasteiger partial charge is 0.338 e. The Balaban J connectivity index is 2.04. The number of nitrogens with one attached hydrogen (secondary N) is 1. The highest BCUT2D eigenvalue weighted by Gasteiger charge is 2.08. The molecule has 0 unspecified atom stereocenters. The highest BCUT2D eigenvalue weighted by molar-refractivity contribution is 6.04. The molecular weight excluding hydrogens is 256 g/mol. The summed E-state index contributed by atoms with van der Waals surface area (Å²) < 4.78 is 4.88. The second kappa shape index (κ2) is 6.47. The lowest BCUT2D eigenvalue weighted by Crippen LogP contribution is -2.12. The fraction of sp³-hybridized carbons (Fsp3) is 0.133. The molecule has 0 saturated heterocycles. The van der Waals surface area contributed by atoms with Crippen LogP contribution in [0, 0.1) is 0 Å². The lowest BCUT2D eigenvalue weighted by molar-refractivity contribution is 0.0526. The predicted molar refractivity (Wildman–Crippen MR) is 74.6 cm³/mol. The van der Waals surface area contributed by atoms with Gasteiger partial charge in [0.05, 0.1) is 12.2 Å². The zero-order valence-electron chi connectivity index (χ0n) is 11.0. The molecule has 0 spiro atoms. The van der Waals surface area contributed by atoms with E-state index in [1.54, 1.807) is 55.7 Å². The summed E-state index contributed by atoms with van der Waals surface area (Å²) in [6.45, 7) is 2.08. The first kappa shape index (κ1) is 13.7. The molecular formula is C15H14N2O3. The van der Waals surface area contributed by atoms with Gasteiger partial charge in [0.15, 0.2) is 0 Å². The third-order valence-corrected chi connectivity index (χ3v) is 2.60. The maximum absolute atomic E-state index is 11.9. The molecule has 5 nitrogen and oxygen atoms in total. The highest BCUT2D eigenvalue weighted by atomic mass is 16.5. The van der Waals surface area contributed by atoms with E-state index in [1.165, 1.54) is 0 Å². The van der Waals surface area contributed by atoms with Crippen LogP contribution in [0.1, 0.15) is 27.6 Å². The van der Waals surface area contributed by atoms with E-state index in [9.17, 15) is 9.59 Å². The number of nitrogens with zero attached hydrogens (tertiary/aromatic N) is 1. The van der Waals surface area contributed by atoms with Crippen LogP contribution in [0.4, 0.5) is 5.69 Å². The normalized spacial score (nSPS) is 9.85. The van der Waals surface area contributed by atoms with Crippen molar-refractivity contribution in [3.05, 3.63) is 59.9 Å². The predicted octanol–water partition coefficient (Wildman–Crippen LogP) is 2.51. The average Bonchev–Trinajstić information content (AvgIpc) is 2.49. The summed E-state index contributed by atoms with van der Waals surface area (Å²) in [6.07, 6.45) is 3.11. The molecule has 0 atom stereocenters. The van der Waals surface area contributed by atoms with E-state index in [0.717, 1.165) is 0 Å². The van der Waals surface area contributed by atoms with Gasteiger partial charge in [0.1, 0.15) is 0 Å². The number of aromatic nitrogens is 1. The Kier molecular flexibility index (Phi) is 4.44. The molecule has 0 bridgehead atoms. The van der Waals surface area contributed by atoms with Crippen molar-refractivity contribution < 1.29 is 14.3 Å². The van der Waals surface area contributed by atoms with Crippen LogP contribution in [-0.2, 0) is 4.74 Å². The molecule has 2 rings (SSSR count). The van der Waals surface area contributed by atoms with E-state index >= 15 is 0 Å². The minimum atomic E-state index is -0.375.